The number of hydroxylamine groups is 2. The number of rotatable bonds is 2. The van der Waals surface area contributed by atoms with Gasteiger partial charge in [-0.15, -0.1) is 0 Å². The first-order chi connectivity index (χ1) is 8.25. The van der Waals surface area contributed by atoms with Crippen LogP contribution < -0.4 is 0 Å². The largest absolute Gasteiger partial charge is 0.319 e. The van der Waals surface area contributed by atoms with Gasteiger partial charge in [0.25, 0.3) is 5.78 Å². The Morgan fingerprint density at radius 1 is 1.18 bits per heavy atom. The van der Waals surface area contributed by atoms with Crippen LogP contribution in [0.25, 0.3) is 0 Å². The number of ketones is 1. The predicted octanol–water partition coefficient (Wildman–Crippen LogP) is 1.34. The fourth-order valence-electron chi connectivity index (χ4n) is 2.14. The maximum atomic E-state index is 12.0. The van der Waals surface area contributed by atoms with Crippen LogP contribution >= 0.6 is 0 Å². The van der Waals surface area contributed by atoms with E-state index >= 15 is 0 Å². The molecule has 3 rings (SSSR count). The molecule has 0 radical (unpaired) electrons. The van der Waals surface area contributed by atoms with Gasteiger partial charge >= 0.3 is 5.91 Å². The first-order valence-electron chi connectivity index (χ1n) is 5.54. The lowest BCUT2D eigenvalue weighted by atomic mass is 10.1. The van der Waals surface area contributed by atoms with Gasteiger partial charge < -0.3 is 0 Å². The van der Waals surface area contributed by atoms with Gasteiger partial charge in [-0.2, -0.15) is 0 Å². The Labute approximate surface area is 98.4 Å². The van der Waals surface area contributed by atoms with Crippen molar-refractivity contribution in [3.05, 3.63) is 48.0 Å². The Kier molecular flexibility index (Phi) is 2.30. The van der Waals surface area contributed by atoms with Crippen LogP contribution in [0.15, 0.2) is 42.5 Å². The maximum absolute atomic E-state index is 12.0. The lowest BCUT2D eigenvalue weighted by Crippen LogP contribution is -2.39. The van der Waals surface area contributed by atoms with Gasteiger partial charge in [-0.25, -0.2) is 5.06 Å². The summed E-state index contributed by atoms with van der Waals surface area (Å²) in [7, 11) is 0. The van der Waals surface area contributed by atoms with Crippen molar-refractivity contribution in [2.24, 2.45) is 0 Å². The predicted molar refractivity (Wildman–Crippen MR) is 60.0 cm³/mol. The molecule has 0 aromatic heterocycles. The Morgan fingerprint density at radius 2 is 1.94 bits per heavy atom. The number of nitrogens with zero attached hydrogens (tertiary/aromatic N) is 1. The van der Waals surface area contributed by atoms with Crippen LogP contribution in [0.3, 0.4) is 0 Å². The van der Waals surface area contributed by atoms with E-state index < -0.39 is 11.7 Å². The molecule has 4 heteroatoms. The summed E-state index contributed by atoms with van der Waals surface area (Å²) in [4.78, 5) is 29.2. The summed E-state index contributed by atoms with van der Waals surface area (Å²) in [5, 5.41) is 1.19. The van der Waals surface area contributed by atoms with E-state index in [0.717, 1.165) is 6.42 Å². The number of benzene rings is 1. The van der Waals surface area contributed by atoms with E-state index in [1.165, 1.54) is 5.06 Å². The third kappa shape index (κ3) is 1.66. The topological polar surface area (TPSA) is 46.6 Å². The molecular formula is C13H11NO3. The molecule has 0 unspecified atom stereocenters. The standard InChI is InChI=1S/C13H11NO3/c15-12(9-4-2-1-3-5-9)13(16)14-10-6-7-11(8-10)17-14/h1-7,10-11H,8H2/t10-,11+/m0/s1. The van der Waals surface area contributed by atoms with E-state index in [4.69, 9.17) is 4.84 Å². The molecule has 2 aliphatic rings. The summed E-state index contributed by atoms with van der Waals surface area (Å²) in [5.41, 5.74) is 0.396. The highest BCUT2D eigenvalue weighted by molar-refractivity contribution is 6.42. The minimum Gasteiger partial charge on any atom is -0.283 e. The zero-order valence-corrected chi connectivity index (χ0v) is 9.08. The maximum Gasteiger partial charge on any atom is 0.319 e. The summed E-state index contributed by atoms with van der Waals surface area (Å²) < 4.78 is 0. The molecular weight excluding hydrogens is 218 g/mol. The van der Waals surface area contributed by atoms with Gasteiger partial charge in [0.1, 0.15) is 6.10 Å². The average molecular weight is 229 g/mol. The third-order valence-electron chi connectivity index (χ3n) is 3.00. The molecule has 1 saturated heterocycles. The van der Waals surface area contributed by atoms with Crippen molar-refractivity contribution in [3.8, 4) is 0 Å². The van der Waals surface area contributed by atoms with Gasteiger partial charge in [-0.1, -0.05) is 42.5 Å². The van der Waals surface area contributed by atoms with Crippen molar-refractivity contribution in [2.75, 3.05) is 0 Å². The lowest BCUT2D eigenvalue weighted by molar-refractivity contribution is -0.177. The number of hydrogen-bond acceptors (Lipinski definition) is 3. The van der Waals surface area contributed by atoms with Gasteiger partial charge in [0.05, 0.1) is 6.04 Å². The van der Waals surface area contributed by atoms with Gasteiger partial charge in [0, 0.05) is 12.0 Å². The number of carbonyl (C=O) groups excluding carboxylic acids is 2. The van der Waals surface area contributed by atoms with E-state index in [-0.39, 0.29) is 12.1 Å². The van der Waals surface area contributed by atoms with Crippen molar-refractivity contribution in [1.29, 1.82) is 0 Å². The van der Waals surface area contributed by atoms with Crippen LogP contribution in [0.2, 0.25) is 0 Å². The number of amides is 1. The van der Waals surface area contributed by atoms with Gasteiger partial charge in [0.2, 0.25) is 0 Å². The molecule has 2 atom stereocenters. The average Bonchev–Trinajstić information content (AvgIpc) is 3.00. The number of fused-ring (bicyclic) bond motifs is 2. The molecule has 1 heterocycles. The SMILES string of the molecule is O=C(C(=O)N1O[C@@H]2C=C[C@H]1C2)c1ccccc1. The number of carbonyl (C=O) groups is 2. The van der Waals surface area contributed by atoms with Gasteiger partial charge in [0.15, 0.2) is 0 Å². The fraction of sp³-hybridized carbons (Fsp3) is 0.231. The quantitative estimate of drug-likeness (QED) is 0.437. The number of hydrogen-bond donors (Lipinski definition) is 0. The Bertz CT molecular complexity index is 495. The van der Waals surface area contributed by atoms with Crippen molar-refractivity contribution < 1.29 is 14.4 Å². The third-order valence-corrected chi connectivity index (χ3v) is 3.00. The van der Waals surface area contributed by atoms with Crippen LogP contribution in [0.5, 0.6) is 0 Å². The van der Waals surface area contributed by atoms with E-state index in [0.29, 0.717) is 5.56 Å². The highest BCUT2D eigenvalue weighted by atomic mass is 16.7. The Balaban J connectivity index is 1.79. The summed E-state index contributed by atoms with van der Waals surface area (Å²) in [5.74, 6) is -1.11. The molecule has 1 aliphatic carbocycles. The molecule has 1 aromatic carbocycles. The van der Waals surface area contributed by atoms with Crippen LogP contribution in [-0.2, 0) is 9.63 Å². The van der Waals surface area contributed by atoms with Crippen LogP contribution in [0.1, 0.15) is 16.8 Å². The summed E-state index contributed by atoms with van der Waals surface area (Å²) >= 11 is 0. The molecule has 17 heavy (non-hydrogen) atoms. The van der Waals surface area contributed by atoms with Crippen molar-refractivity contribution >= 4 is 11.7 Å². The molecule has 1 fully saturated rings. The summed E-state index contributed by atoms with van der Waals surface area (Å²) in [6, 6.07) is 8.45. The molecule has 0 N–H and O–H groups in total. The van der Waals surface area contributed by atoms with E-state index in [2.05, 4.69) is 0 Å². The van der Waals surface area contributed by atoms with Gasteiger partial charge in [-0.3, -0.25) is 14.4 Å². The zero-order chi connectivity index (χ0) is 11.8. The highest BCUT2D eigenvalue weighted by Crippen LogP contribution is 2.29. The number of Topliss-reactive ketones (excluding diaryl/α,β-unsaturated/α-hetero) is 1. The second-order valence-electron chi connectivity index (χ2n) is 4.16. The van der Waals surface area contributed by atoms with E-state index in [1.54, 1.807) is 30.3 Å². The smallest absolute Gasteiger partial charge is 0.283 e. The zero-order valence-electron chi connectivity index (χ0n) is 9.08. The van der Waals surface area contributed by atoms with Crippen LogP contribution in [0.4, 0.5) is 0 Å². The molecule has 4 nitrogen and oxygen atoms in total. The Hall–Kier alpha value is -1.94. The minimum atomic E-state index is -0.590. The first-order valence-corrected chi connectivity index (χ1v) is 5.54. The van der Waals surface area contributed by atoms with Crippen LogP contribution in [0, 0.1) is 0 Å². The first kappa shape index (κ1) is 10.2. The lowest BCUT2D eigenvalue weighted by Gasteiger charge is -2.21. The fourth-order valence-corrected chi connectivity index (χ4v) is 2.14. The highest BCUT2D eigenvalue weighted by Gasteiger charge is 2.40. The van der Waals surface area contributed by atoms with E-state index in [1.807, 2.05) is 12.2 Å². The van der Waals surface area contributed by atoms with Crippen molar-refractivity contribution in [2.45, 2.75) is 18.6 Å². The molecule has 0 saturated carbocycles. The molecule has 1 aliphatic heterocycles. The molecule has 1 aromatic rings. The molecule has 1 amide bonds. The Morgan fingerprint density at radius 3 is 2.53 bits per heavy atom. The van der Waals surface area contributed by atoms with E-state index in [9.17, 15) is 9.59 Å². The second-order valence-corrected chi connectivity index (χ2v) is 4.16. The van der Waals surface area contributed by atoms with Gasteiger partial charge in [-0.05, 0) is 0 Å². The minimum absolute atomic E-state index is 0.0486. The second kappa shape index (κ2) is 3.82. The summed E-state index contributed by atoms with van der Waals surface area (Å²) in [6.45, 7) is 0. The normalized spacial score (nSPS) is 25.3. The molecule has 86 valence electrons. The monoisotopic (exact) mass is 229 g/mol. The molecule has 2 bridgehead atoms. The van der Waals surface area contributed by atoms with Crippen molar-refractivity contribution in [3.63, 3.8) is 0 Å². The molecule has 0 spiro atoms. The summed E-state index contributed by atoms with van der Waals surface area (Å²) in [6.07, 6.45) is 4.53. The van der Waals surface area contributed by atoms with Crippen molar-refractivity contribution in [1.82, 2.24) is 5.06 Å². The van der Waals surface area contributed by atoms with Crippen LogP contribution in [-0.4, -0.2) is 28.9 Å².